The average Bonchev–Trinajstić information content (AvgIpc) is 3.07. The van der Waals surface area contributed by atoms with E-state index in [2.05, 4.69) is 44.7 Å². The van der Waals surface area contributed by atoms with Gasteiger partial charge >= 0.3 is 0 Å². The fraction of sp³-hybridized carbons (Fsp3) is 0.533. The van der Waals surface area contributed by atoms with Gasteiger partial charge in [0.2, 0.25) is 5.91 Å². The average molecular weight is 263 g/mol. The summed E-state index contributed by atoms with van der Waals surface area (Å²) in [6.45, 7) is 4.12. The molecule has 0 heterocycles. The maximum Gasteiger partial charge on any atom is 0.227 e. The van der Waals surface area contributed by atoms with Crippen LogP contribution in [0.4, 0.5) is 5.69 Å². The van der Waals surface area contributed by atoms with Crippen molar-refractivity contribution in [2.45, 2.75) is 33.1 Å². The van der Waals surface area contributed by atoms with E-state index in [4.69, 9.17) is 0 Å². The highest BCUT2D eigenvalue weighted by molar-refractivity contribution is 7.80. The number of thiol groups is 1. The van der Waals surface area contributed by atoms with Crippen LogP contribution in [0.1, 0.15) is 30.4 Å². The lowest BCUT2D eigenvalue weighted by atomic mass is 10.0. The van der Waals surface area contributed by atoms with Crippen LogP contribution in [0.5, 0.6) is 0 Å². The molecule has 0 N–H and O–H groups in total. The van der Waals surface area contributed by atoms with Crippen molar-refractivity contribution in [1.82, 2.24) is 0 Å². The van der Waals surface area contributed by atoms with E-state index < -0.39 is 0 Å². The normalized spacial score (nSPS) is 16.4. The predicted molar refractivity (Wildman–Crippen MR) is 79.5 cm³/mol. The lowest BCUT2D eigenvalue weighted by molar-refractivity contribution is -0.119. The van der Waals surface area contributed by atoms with Gasteiger partial charge in [0.05, 0.1) is 0 Å². The van der Waals surface area contributed by atoms with Gasteiger partial charge in [0.15, 0.2) is 0 Å². The van der Waals surface area contributed by atoms with Crippen LogP contribution in [0.25, 0.3) is 0 Å². The third kappa shape index (κ3) is 2.89. The molecule has 0 spiro atoms. The van der Waals surface area contributed by atoms with Gasteiger partial charge in [0.25, 0.3) is 0 Å². The van der Waals surface area contributed by atoms with E-state index in [0.717, 1.165) is 24.3 Å². The molecule has 0 bridgehead atoms. The van der Waals surface area contributed by atoms with Crippen molar-refractivity contribution < 1.29 is 4.79 Å². The van der Waals surface area contributed by atoms with Gasteiger partial charge in [-0.15, -0.1) is 0 Å². The predicted octanol–water partition coefficient (Wildman–Crippen LogP) is 3.37. The van der Waals surface area contributed by atoms with Crippen molar-refractivity contribution in [2.75, 3.05) is 17.7 Å². The Bertz CT molecular complexity index is 445. The maximum atomic E-state index is 12.3. The van der Waals surface area contributed by atoms with E-state index in [1.807, 2.05) is 7.05 Å². The van der Waals surface area contributed by atoms with Crippen LogP contribution in [0.3, 0.4) is 0 Å². The Morgan fingerprint density at radius 3 is 2.28 bits per heavy atom. The molecular weight excluding hydrogens is 242 g/mol. The van der Waals surface area contributed by atoms with Crippen LogP contribution in [0.15, 0.2) is 18.2 Å². The van der Waals surface area contributed by atoms with Crippen molar-refractivity contribution in [2.24, 2.45) is 5.41 Å². The van der Waals surface area contributed by atoms with Gasteiger partial charge in [-0.25, -0.2) is 0 Å². The zero-order chi connectivity index (χ0) is 13.3. The van der Waals surface area contributed by atoms with Gasteiger partial charge < -0.3 is 4.90 Å². The number of hydrogen-bond acceptors (Lipinski definition) is 2. The van der Waals surface area contributed by atoms with Crippen molar-refractivity contribution >= 4 is 24.2 Å². The molecule has 18 heavy (non-hydrogen) atoms. The largest absolute Gasteiger partial charge is 0.315 e. The SMILES string of the molecule is Cc1cc(C)cc(N(C)C(=O)CC2(CS)CC2)c1. The van der Waals surface area contributed by atoms with Crippen LogP contribution >= 0.6 is 12.6 Å². The van der Waals surface area contributed by atoms with Gasteiger partial charge in [0, 0.05) is 19.2 Å². The number of carbonyl (C=O) groups is 1. The van der Waals surface area contributed by atoms with Crippen LogP contribution < -0.4 is 4.90 Å². The fourth-order valence-electron chi connectivity index (χ4n) is 2.30. The summed E-state index contributed by atoms with van der Waals surface area (Å²) >= 11 is 4.36. The highest BCUT2D eigenvalue weighted by Crippen LogP contribution is 2.49. The summed E-state index contributed by atoms with van der Waals surface area (Å²) in [5.41, 5.74) is 3.57. The zero-order valence-electron chi connectivity index (χ0n) is 11.4. The zero-order valence-corrected chi connectivity index (χ0v) is 12.3. The third-order valence-electron chi connectivity index (χ3n) is 3.79. The molecule has 0 unspecified atom stereocenters. The maximum absolute atomic E-state index is 12.3. The lowest BCUT2D eigenvalue weighted by Crippen LogP contribution is -2.29. The first-order chi connectivity index (χ1) is 8.46. The second kappa shape index (κ2) is 4.96. The van der Waals surface area contributed by atoms with Gasteiger partial charge in [-0.1, -0.05) is 6.07 Å². The van der Waals surface area contributed by atoms with Crippen molar-refractivity contribution in [3.63, 3.8) is 0 Å². The number of rotatable bonds is 4. The van der Waals surface area contributed by atoms with E-state index in [0.29, 0.717) is 6.42 Å². The molecule has 1 aliphatic rings. The monoisotopic (exact) mass is 263 g/mol. The molecule has 0 aromatic heterocycles. The standard InChI is InChI=1S/C15H21NOS/c1-11-6-12(2)8-13(7-11)16(3)14(17)9-15(10-18)4-5-15/h6-8,18H,4-5,9-10H2,1-3H3. The molecule has 1 aromatic rings. The number of carbonyl (C=O) groups excluding carboxylic acids is 1. The van der Waals surface area contributed by atoms with E-state index >= 15 is 0 Å². The van der Waals surface area contributed by atoms with Gasteiger partial charge in [-0.2, -0.15) is 12.6 Å². The molecule has 1 aliphatic carbocycles. The summed E-state index contributed by atoms with van der Waals surface area (Å²) in [6, 6.07) is 6.24. The Labute approximate surface area is 115 Å². The summed E-state index contributed by atoms with van der Waals surface area (Å²) in [4.78, 5) is 14.1. The first-order valence-corrected chi connectivity index (χ1v) is 7.05. The Balaban J connectivity index is 2.10. The second-order valence-corrected chi connectivity index (χ2v) is 5.95. The summed E-state index contributed by atoms with van der Waals surface area (Å²) < 4.78 is 0. The smallest absolute Gasteiger partial charge is 0.227 e. The lowest BCUT2D eigenvalue weighted by Gasteiger charge is -2.21. The van der Waals surface area contributed by atoms with Crippen LogP contribution in [0.2, 0.25) is 0 Å². The van der Waals surface area contributed by atoms with Gasteiger partial charge in [-0.3, -0.25) is 4.79 Å². The highest BCUT2D eigenvalue weighted by Gasteiger charge is 2.43. The van der Waals surface area contributed by atoms with Crippen LogP contribution in [-0.4, -0.2) is 18.7 Å². The minimum atomic E-state index is 0.188. The van der Waals surface area contributed by atoms with Gasteiger partial charge in [-0.05, 0) is 61.1 Å². The Morgan fingerprint density at radius 2 is 1.83 bits per heavy atom. The molecule has 2 nitrogen and oxygen atoms in total. The Kier molecular flexibility index (Phi) is 3.71. The number of benzene rings is 1. The van der Waals surface area contributed by atoms with E-state index in [9.17, 15) is 4.79 Å². The Morgan fingerprint density at radius 1 is 1.28 bits per heavy atom. The van der Waals surface area contributed by atoms with E-state index in [1.54, 1.807) is 4.90 Å². The molecular formula is C15H21NOS. The summed E-state index contributed by atoms with van der Waals surface area (Å²) in [5.74, 6) is 1.02. The molecule has 0 atom stereocenters. The molecule has 0 aliphatic heterocycles. The molecule has 1 saturated carbocycles. The number of aryl methyl sites for hydroxylation is 2. The number of amides is 1. The summed E-state index contributed by atoms with van der Waals surface area (Å²) in [7, 11) is 1.87. The number of anilines is 1. The van der Waals surface area contributed by atoms with Crippen molar-refractivity contribution in [3.05, 3.63) is 29.3 Å². The van der Waals surface area contributed by atoms with Gasteiger partial charge in [0.1, 0.15) is 0 Å². The molecule has 1 fully saturated rings. The molecule has 2 rings (SSSR count). The molecule has 3 heteroatoms. The van der Waals surface area contributed by atoms with E-state index in [1.165, 1.54) is 11.1 Å². The fourth-order valence-corrected chi connectivity index (χ4v) is 2.72. The van der Waals surface area contributed by atoms with Crippen molar-refractivity contribution in [1.29, 1.82) is 0 Å². The number of nitrogens with zero attached hydrogens (tertiary/aromatic N) is 1. The highest BCUT2D eigenvalue weighted by atomic mass is 32.1. The third-order valence-corrected chi connectivity index (χ3v) is 4.46. The van der Waals surface area contributed by atoms with Crippen molar-refractivity contribution in [3.8, 4) is 0 Å². The summed E-state index contributed by atoms with van der Waals surface area (Å²) in [5, 5.41) is 0. The summed E-state index contributed by atoms with van der Waals surface area (Å²) in [6.07, 6.45) is 2.91. The van der Waals surface area contributed by atoms with E-state index in [-0.39, 0.29) is 11.3 Å². The van der Waals surface area contributed by atoms with Crippen LogP contribution in [0, 0.1) is 19.3 Å². The first-order valence-electron chi connectivity index (χ1n) is 6.41. The minimum absolute atomic E-state index is 0.188. The first kappa shape index (κ1) is 13.5. The topological polar surface area (TPSA) is 20.3 Å². The molecule has 1 amide bonds. The second-order valence-electron chi connectivity index (χ2n) is 5.63. The van der Waals surface area contributed by atoms with Crippen LogP contribution in [-0.2, 0) is 4.79 Å². The molecule has 98 valence electrons. The number of hydrogen-bond donors (Lipinski definition) is 1. The minimum Gasteiger partial charge on any atom is -0.315 e. The Hall–Kier alpha value is -0.960. The quantitative estimate of drug-likeness (QED) is 0.826. The molecule has 1 aromatic carbocycles. The molecule has 0 saturated heterocycles. The molecule has 0 radical (unpaired) electrons.